The molecule has 0 heterocycles. The molecule has 0 bridgehead atoms. The molecule has 11 heavy (non-hydrogen) atoms. The van der Waals surface area contributed by atoms with E-state index in [4.69, 9.17) is 5.11 Å². The quantitative estimate of drug-likeness (QED) is 0.466. The van der Waals surface area contributed by atoms with Gasteiger partial charge in [0.15, 0.2) is 0 Å². The molecule has 0 unspecified atom stereocenters. The van der Waals surface area contributed by atoms with E-state index in [0.29, 0.717) is 6.54 Å². The summed E-state index contributed by atoms with van der Waals surface area (Å²) in [5, 5.41) is 11.3. The molecule has 0 spiro atoms. The zero-order valence-electron chi connectivity index (χ0n) is 6.12. The normalized spacial score (nSPS) is 10.0. The Balaban J connectivity index is 2.52. The van der Waals surface area contributed by atoms with Crippen LogP contribution in [0.2, 0.25) is 0 Å². The average molecular weight is 169 g/mol. The molecule has 0 aliphatic carbocycles. The summed E-state index contributed by atoms with van der Waals surface area (Å²) in [6.45, 7) is 0.715. The Morgan fingerprint density at radius 3 is 2.45 bits per heavy atom. The smallest absolute Gasteiger partial charge is 0.0934 e. The number of aliphatic hydroxyl groups excluding tert-OH is 1. The summed E-state index contributed by atoms with van der Waals surface area (Å²) >= 11 is 4.15. The molecule has 2 nitrogen and oxygen atoms in total. The summed E-state index contributed by atoms with van der Waals surface area (Å²) in [5.41, 5.74) is 1.15. The standard InChI is InChI=1S/C8H11NOS/c10-6-9-5-7-1-3-8(11)4-2-7/h1-4,9-11H,5-6H2. The van der Waals surface area contributed by atoms with Crippen LogP contribution in [-0.4, -0.2) is 11.8 Å². The molecule has 1 aromatic carbocycles. The van der Waals surface area contributed by atoms with E-state index in [2.05, 4.69) is 17.9 Å². The van der Waals surface area contributed by atoms with Gasteiger partial charge in [-0.2, -0.15) is 0 Å². The summed E-state index contributed by atoms with van der Waals surface area (Å²) in [7, 11) is 0. The maximum atomic E-state index is 8.46. The molecule has 0 aliphatic rings. The van der Waals surface area contributed by atoms with Gasteiger partial charge < -0.3 is 5.11 Å². The lowest BCUT2D eigenvalue weighted by atomic mass is 10.2. The van der Waals surface area contributed by atoms with Gasteiger partial charge >= 0.3 is 0 Å². The molecular weight excluding hydrogens is 158 g/mol. The van der Waals surface area contributed by atoms with Crippen LogP contribution in [0.5, 0.6) is 0 Å². The molecule has 2 N–H and O–H groups in total. The summed E-state index contributed by atoms with van der Waals surface area (Å²) in [4.78, 5) is 0.956. The Hall–Kier alpha value is -0.510. The van der Waals surface area contributed by atoms with E-state index in [1.165, 1.54) is 0 Å². The molecule has 0 amide bonds. The van der Waals surface area contributed by atoms with Crippen LogP contribution in [0.1, 0.15) is 5.56 Å². The highest BCUT2D eigenvalue weighted by Crippen LogP contribution is 2.06. The van der Waals surface area contributed by atoms with Crippen molar-refractivity contribution in [1.82, 2.24) is 5.32 Å². The second-order valence-corrected chi connectivity index (χ2v) is 2.77. The lowest BCUT2D eigenvalue weighted by molar-refractivity contribution is 0.259. The van der Waals surface area contributed by atoms with E-state index in [1.807, 2.05) is 24.3 Å². The first-order valence-corrected chi connectivity index (χ1v) is 3.87. The fraction of sp³-hybridized carbons (Fsp3) is 0.250. The first kappa shape index (κ1) is 8.59. The first-order valence-electron chi connectivity index (χ1n) is 3.42. The van der Waals surface area contributed by atoms with Gasteiger partial charge in [0, 0.05) is 11.4 Å². The molecule has 0 saturated heterocycles. The Morgan fingerprint density at radius 2 is 1.91 bits per heavy atom. The van der Waals surface area contributed by atoms with E-state index >= 15 is 0 Å². The van der Waals surface area contributed by atoms with E-state index in [0.717, 1.165) is 10.5 Å². The minimum atomic E-state index is 0.0165. The van der Waals surface area contributed by atoms with Crippen molar-refractivity contribution >= 4 is 12.6 Å². The van der Waals surface area contributed by atoms with Gasteiger partial charge in [-0.25, -0.2) is 0 Å². The van der Waals surface area contributed by atoms with Crippen molar-refractivity contribution < 1.29 is 5.11 Å². The van der Waals surface area contributed by atoms with E-state index < -0.39 is 0 Å². The second-order valence-electron chi connectivity index (χ2n) is 2.25. The van der Waals surface area contributed by atoms with E-state index in [1.54, 1.807) is 0 Å². The van der Waals surface area contributed by atoms with Crippen LogP contribution in [0.25, 0.3) is 0 Å². The van der Waals surface area contributed by atoms with Crippen LogP contribution in [-0.2, 0) is 6.54 Å². The number of rotatable bonds is 3. The summed E-state index contributed by atoms with van der Waals surface area (Å²) in [6, 6.07) is 7.81. The van der Waals surface area contributed by atoms with Crippen LogP contribution in [0.3, 0.4) is 0 Å². The van der Waals surface area contributed by atoms with Crippen molar-refractivity contribution in [2.24, 2.45) is 0 Å². The Morgan fingerprint density at radius 1 is 1.27 bits per heavy atom. The van der Waals surface area contributed by atoms with Crippen LogP contribution < -0.4 is 5.32 Å². The molecule has 1 aromatic rings. The number of hydrogen-bond acceptors (Lipinski definition) is 3. The highest BCUT2D eigenvalue weighted by Gasteiger charge is 1.89. The molecule has 0 radical (unpaired) electrons. The fourth-order valence-electron chi connectivity index (χ4n) is 0.814. The Kier molecular flexibility index (Phi) is 3.42. The van der Waals surface area contributed by atoms with Crippen molar-refractivity contribution in [2.75, 3.05) is 6.73 Å². The van der Waals surface area contributed by atoms with E-state index in [9.17, 15) is 0 Å². The minimum absolute atomic E-state index is 0.0165. The monoisotopic (exact) mass is 169 g/mol. The fourth-order valence-corrected chi connectivity index (χ4v) is 0.963. The highest BCUT2D eigenvalue weighted by molar-refractivity contribution is 7.80. The van der Waals surface area contributed by atoms with Crippen LogP contribution in [0.15, 0.2) is 29.2 Å². The number of benzene rings is 1. The molecule has 1 rings (SSSR count). The van der Waals surface area contributed by atoms with Gasteiger partial charge in [-0.1, -0.05) is 12.1 Å². The van der Waals surface area contributed by atoms with Crippen LogP contribution >= 0.6 is 12.6 Å². The van der Waals surface area contributed by atoms with Crippen LogP contribution in [0.4, 0.5) is 0 Å². The minimum Gasteiger partial charge on any atom is -0.381 e. The lowest BCUT2D eigenvalue weighted by Gasteiger charge is -2.00. The van der Waals surface area contributed by atoms with Gasteiger partial charge in [-0.15, -0.1) is 12.6 Å². The third-order valence-electron chi connectivity index (χ3n) is 1.38. The molecule has 0 saturated carbocycles. The van der Waals surface area contributed by atoms with Crippen molar-refractivity contribution in [3.8, 4) is 0 Å². The van der Waals surface area contributed by atoms with Crippen molar-refractivity contribution in [1.29, 1.82) is 0 Å². The van der Waals surface area contributed by atoms with Gasteiger partial charge in [0.2, 0.25) is 0 Å². The van der Waals surface area contributed by atoms with Crippen molar-refractivity contribution in [2.45, 2.75) is 11.4 Å². The van der Waals surface area contributed by atoms with Crippen molar-refractivity contribution in [3.05, 3.63) is 29.8 Å². The highest BCUT2D eigenvalue weighted by atomic mass is 32.1. The maximum Gasteiger partial charge on any atom is 0.0934 e. The molecule has 0 fully saturated rings. The second kappa shape index (κ2) is 4.38. The van der Waals surface area contributed by atoms with Gasteiger partial charge in [0.1, 0.15) is 0 Å². The average Bonchev–Trinajstić information content (AvgIpc) is 2.04. The molecule has 0 aliphatic heterocycles. The number of nitrogens with one attached hydrogen (secondary N) is 1. The van der Waals surface area contributed by atoms with Gasteiger partial charge in [-0.3, -0.25) is 5.32 Å². The third kappa shape index (κ3) is 2.93. The zero-order chi connectivity index (χ0) is 8.10. The topological polar surface area (TPSA) is 32.3 Å². The summed E-state index contributed by atoms with van der Waals surface area (Å²) in [6.07, 6.45) is 0. The Labute approximate surface area is 71.7 Å². The SMILES string of the molecule is OCNCc1ccc(S)cc1. The largest absolute Gasteiger partial charge is 0.381 e. The maximum absolute atomic E-state index is 8.46. The van der Waals surface area contributed by atoms with Gasteiger partial charge in [0.25, 0.3) is 0 Å². The summed E-state index contributed by atoms with van der Waals surface area (Å²) in [5.74, 6) is 0. The third-order valence-corrected chi connectivity index (χ3v) is 1.68. The predicted molar refractivity (Wildman–Crippen MR) is 47.6 cm³/mol. The molecular formula is C8H11NOS. The van der Waals surface area contributed by atoms with Gasteiger partial charge in [0.05, 0.1) is 6.73 Å². The molecule has 3 heteroatoms. The van der Waals surface area contributed by atoms with Gasteiger partial charge in [-0.05, 0) is 17.7 Å². The number of aliphatic hydroxyl groups is 1. The van der Waals surface area contributed by atoms with Crippen LogP contribution in [0, 0.1) is 0 Å². The molecule has 60 valence electrons. The lowest BCUT2D eigenvalue weighted by Crippen LogP contribution is -2.13. The van der Waals surface area contributed by atoms with Crippen molar-refractivity contribution in [3.63, 3.8) is 0 Å². The van der Waals surface area contributed by atoms with E-state index in [-0.39, 0.29) is 6.73 Å². The number of hydrogen-bond donors (Lipinski definition) is 3. The molecule has 0 aromatic heterocycles. The number of thiol groups is 1. The zero-order valence-corrected chi connectivity index (χ0v) is 7.01. The first-order chi connectivity index (χ1) is 5.33. The molecule has 0 atom stereocenters. The predicted octanol–water partition coefficient (Wildman–Crippen LogP) is 1.01. The summed E-state index contributed by atoms with van der Waals surface area (Å²) < 4.78 is 0. The Bertz CT molecular complexity index is 210.